The number of rotatable bonds is 9. The number of carbonyl (C=O) groups excluding carboxylic acids is 2. The lowest BCUT2D eigenvalue weighted by Gasteiger charge is -2.29. The Hall–Kier alpha value is -4.53. The van der Waals surface area contributed by atoms with Crippen molar-refractivity contribution in [2.75, 3.05) is 0 Å². The molecule has 5 rings (SSSR count). The SMILES string of the molecule is [CH2]CCc1cccc(-c2cccc(Oc3ncc(F)cc3C(=O)N[C@H]3CC[C@H](NC(=O)c4cc(C)n(C)n4)CC3)c2)c1. The number of aromatic nitrogens is 3. The molecule has 1 radical (unpaired) electrons. The van der Waals surface area contributed by atoms with Gasteiger partial charge in [0.15, 0.2) is 0 Å². The first-order chi connectivity index (χ1) is 20.3. The molecule has 0 unspecified atom stereocenters. The first-order valence-corrected chi connectivity index (χ1v) is 14.2. The van der Waals surface area contributed by atoms with Crippen molar-refractivity contribution in [3.63, 3.8) is 0 Å². The van der Waals surface area contributed by atoms with E-state index in [9.17, 15) is 14.0 Å². The zero-order valence-electron chi connectivity index (χ0n) is 23.9. The van der Waals surface area contributed by atoms with Gasteiger partial charge in [0.25, 0.3) is 11.8 Å². The number of hydrogen-bond donors (Lipinski definition) is 2. The van der Waals surface area contributed by atoms with Crippen LogP contribution in [0.2, 0.25) is 0 Å². The fraction of sp³-hybridized carbons (Fsp3) is 0.303. The van der Waals surface area contributed by atoms with Gasteiger partial charge >= 0.3 is 0 Å². The number of nitrogens with zero attached hydrogens (tertiary/aromatic N) is 3. The minimum atomic E-state index is -0.625. The van der Waals surface area contributed by atoms with Gasteiger partial charge in [-0.2, -0.15) is 5.10 Å². The van der Waals surface area contributed by atoms with Crippen LogP contribution in [-0.4, -0.2) is 38.7 Å². The number of ether oxygens (including phenoxy) is 1. The van der Waals surface area contributed by atoms with Crippen LogP contribution in [0.1, 0.15) is 64.2 Å². The highest BCUT2D eigenvalue weighted by molar-refractivity contribution is 5.96. The summed E-state index contributed by atoms with van der Waals surface area (Å²) in [4.78, 5) is 29.9. The number of hydrogen-bond acceptors (Lipinski definition) is 5. The molecule has 1 aliphatic rings. The molecule has 217 valence electrons. The Morgan fingerprint density at radius 1 is 0.976 bits per heavy atom. The zero-order chi connectivity index (χ0) is 29.6. The summed E-state index contributed by atoms with van der Waals surface area (Å²) in [5.74, 6) is -0.759. The minimum absolute atomic E-state index is 0.00527. The monoisotopic (exact) mass is 568 g/mol. The van der Waals surface area contributed by atoms with Crippen LogP contribution in [0.5, 0.6) is 11.6 Å². The largest absolute Gasteiger partial charge is 0.438 e. The highest BCUT2D eigenvalue weighted by atomic mass is 19.1. The fourth-order valence-electron chi connectivity index (χ4n) is 5.21. The Kier molecular flexibility index (Phi) is 8.95. The third-order valence-electron chi connectivity index (χ3n) is 7.58. The van der Waals surface area contributed by atoms with E-state index in [1.165, 1.54) is 5.56 Å². The second kappa shape index (κ2) is 13.0. The molecular formula is C33H35FN5O3. The van der Waals surface area contributed by atoms with Gasteiger partial charge in [-0.3, -0.25) is 14.3 Å². The van der Waals surface area contributed by atoms with Gasteiger partial charge in [0.2, 0.25) is 5.88 Å². The lowest BCUT2D eigenvalue weighted by atomic mass is 9.91. The van der Waals surface area contributed by atoms with Crippen molar-refractivity contribution in [3.05, 3.63) is 102 Å². The Bertz CT molecular complexity index is 1560. The standard InChI is InChI=1S/C33H35FN5O3/c1-4-7-22-8-5-9-23(17-22)24-10-6-11-28(18-24)42-33-29(19-25(34)20-35-33)31(40)36-26-12-14-27(15-13-26)37-32(41)30-16-21(2)39(3)38-30/h5-6,8-11,16-20,26-27H,1,4,7,12-15H2,2-3H3,(H,36,40)(H,37,41)/t26-,27-. The van der Waals surface area contributed by atoms with E-state index < -0.39 is 11.7 Å². The molecule has 2 aromatic heterocycles. The molecule has 2 N–H and O–H groups in total. The summed E-state index contributed by atoms with van der Waals surface area (Å²) in [7, 11) is 1.80. The molecule has 0 aliphatic heterocycles. The predicted molar refractivity (Wildman–Crippen MR) is 159 cm³/mol. The lowest BCUT2D eigenvalue weighted by molar-refractivity contribution is 0.0887. The number of benzene rings is 2. The van der Waals surface area contributed by atoms with Gasteiger partial charge in [-0.05, 0) is 86.4 Å². The molecule has 9 heteroatoms. The number of nitrogens with one attached hydrogen (secondary N) is 2. The summed E-state index contributed by atoms with van der Waals surface area (Å²) in [5.41, 5.74) is 4.52. The average Bonchev–Trinajstić information content (AvgIpc) is 3.33. The van der Waals surface area contributed by atoms with E-state index in [4.69, 9.17) is 4.74 Å². The van der Waals surface area contributed by atoms with E-state index in [1.54, 1.807) is 23.9 Å². The van der Waals surface area contributed by atoms with Crippen molar-refractivity contribution in [1.29, 1.82) is 0 Å². The van der Waals surface area contributed by atoms with Crippen LogP contribution < -0.4 is 15.4 Å². The molecule has 0 atom stereocenters. The maximum Gasteiger partial charge on any atom is 0.272 e. The van der Waals surface area contributed by atoms with Crippen LogP contribution >= 0.6 is 0 Å². The first kappa shape index (κ1) is 29.0. The molecule has 2 amide bonds. The first-order valence-electron chi connectivity index (χ1n) is 14.2. The van der Waals surface area contributed by atoms with Gasteiger partial charge in [0, 0.05) is 24.8 Å². The number of amides is 2. The fourth-order valence-corrected chi connectivity index (χ4v) is 5.21. The highest BCUT2D eigenvalue weighted by Gasteiger charge is 2.26. The van der Waals surface area contributed by atoms with Gasteiger partial charge in [-0.15, -0.1) is 0 Å². The summed E-state index contributed by atoms with van der Waals surface area (Å²) < 4.78 is 21.9. The van der Waals surface area contributed by atoms with Crippen molar-refractivity contribution in [2.45, 2.75) is 57.5 Å². The van der Waals surface area contributed by atoms with Crippen LogP contribution in [0.25, 0.3) is 11.1 Å². The molecule has 1 saturated carbocycles. The van der Waals surface area contributed by atoms with Crippen LogP contribution in [0.4, 0.5) is 4.39 Å². The molecular weight excluding hydrogens is 533 g/mol. The van der Waals surface area contributed by atoms with E-state index in [1.807, 2.05) is 37.3 Å². The normalized spacial score (nSPS) is 16.6. The predicted octanol–water partition coefficient (Wildman–Crippen LogP) is 5.96. The molecule has 0 saturated heterocycles. The summed E-state index contributed by atoms with van der Waals surface area (Å²) >= 11 is 0. The van der Waals surface area contributed by atoms with E-state index >= 15 is 0 Å². The average molecular weight is 569 g/mol. The number of aryl methyl sites for hydroxylation is 3. The highest BCUT2D eigenvalue weighted by Crippen LogP contribution is 2.29. The molecule has 8 nitrogen and oxygen atoms in total. The Labute approximate surface area is 245 Å². The molecule has 1 aliphatic carbocycles. The van der Waals surface area contributed by atoms with E-state index in [2.05, 4.69) is 39.8 Å². The van der Waals surface area contributed by atoms with E-state index in [0.29, 0.717) is 37.1 Å². The zero-order valence-corrected chi connectivity index (χ0v) is 23.9. The van der Waals surface area contributed by atoms with Gasteiger partial charge in [-0.1, -0.05) is 43.3 Å². The Balaban J connectivity index is 1.22. The lowest BCUT2D eigenvalue weighted by Crippen LogP contribution is -2.44. The van der Waals surface area contributed by atoms with Crippen molar-refractivity contribution in [2.24, 2.45) is 7.05 Å². The number of halogens is 1. The Morgan fingerprint density at radius 2 is 1.64 bits per heavy atom. The molecule has 42 heavy (non-hydrogen) atoms. The molecule has 2 heterocycles. The topological polar surface area (TPSA) is 98.1 Å². The molecule has 2 aromatic carbocycles. The van der Waals surface area contributed by atoms with Gasteiger partial charge in [-0.25, -0.2) is 9.37 Å². The van der Waals surface area contributed by atoms with Crippen molar-refractivity contribution >= 4 is 11.8 Å². The van der Waals surface area contributed by atoms with E-state index in [0.717, 1.165) is 41.9 Å². The second-order valence-electron chi connectivity index (χ2n) is 10.7. The molecule has 0 bridgehead atoms. The van der Waals surface area contributed by atoms with Crippen LogP contribution in [-0.2, 0) is 13.5 Å². The van der Waals surface area contributed by atoms with Crippen molar-refractivity contribution < 1.29 is 18.7 Å². The summed E-state index contributed by atoms with van der Waals surface area (Å²) in [6.07, 6.45) is 5.50. The van der Waals surface area contributed by atoms with Gasteiger partial charge in [0.1, 0.15) is 22.8 Å². The van der Waals surface area contributed by atoms with Crippen molar-refractivity contribution in [3.8, 4) is 22.8 Å². The maximum absolute atomic E-state index is 14.2. The number of carbonyl (C=O) groups is 2. The smallest absolute Gasteiger partial charge is 0.272 e. The van der Waals surface area contributed by atoms with Crippen LogP contribution in [0.15, 0.2) is 66.9 Å². The molecule has 4 aromatic rings. The van der Waals surface area contributed by atoms with Crippen LogP contribution in [0, 0.1) is 19.7 Å². The third-order valence-corrected chi connectivity index (χ3v) is 7.58. The van der Waals surface area contributed by atoms with Gasteiger partial charge in [0.05, 0.1) is 6.20 Å². The minimum Gasteiger partial charge on any atom is -0.438 e. The van der Waals surface area contributed by atoms with Gasteiger partial charge < -0.3 is 15.4 Å². The molecule has 0 spiro atoms. The second-order valence-corrected chi connectivity index (χ2v) is 10.7. The summed E-state index contributed by atoms with van der Waals surface area (Å²) in [5, 5.41) is 10.3. The quantitative estimate of drug-likeness (QED) is 0.260. The molecule has 1 fully saturated rings. The summed E-state index contributed by atoms with van der Waals surface area (Å²) in [6.45, 7) is 5.83. The maximum atomic E-state index is 14.2. The van der Waals surface area contributed by atoms with E-state index in [-0.39, 0.29) is 29.4 Å². The van der Waals surface area contributed by atoms with Crippen molar-refractivity contribution in [1.82, 2.24) is 25.4 Å². The Morgan fingerprint density at radius 3 is 2.31 bits per heavy atom. The number of pyridine rings is 1. The summed E-state index contributed by atoms with van der Waals surface area (Å²) in [6, 6.07) is 18.5. The van der Waals surface area contributed by atoms with Crippen LogP contribution in [0.3, 0.4) is 0 Å². The third kappa shape index (κ3) is 7.02.